The van der Waals surface area contributed by atoms with Crippen LogP contribution >= 0.6 is 7.82 Å². The summed E-state index contributed by atoms with van der Waals surface area (Å²) in [7, 11) is -4.33. The van der Waals surface area contributed by atoms with E-state index in [9.17, 15) is 19.4 Å². The van der Waals surface area contributed by atoms with Crippen molar-refractivity contribution in [2.75, 3.05) is 19.8 Å². The number of phosphoric acid groups is 1. The Morgan fingerprint density at radius 2 is 0.927 bits per heavy atom. The number of carbonyl (C=O) groups is 1. The van der Waals surface area contributed by atoms with Gasteiger partial charge < -0.3 is 21.1 Å². The van der Waals surface area contributed by atoms with Crippen LogP contribution < -0.4 is 11.1 Å². The van der Waals surface area contributed by atoms with Gasteiger partial charge in [-0.25, -0.2) is 4.57 Å². The monoisotopic (exact) mass is 801 g/mol. The SMILES string of the molecule is CCCCCCCCCC/C=C/[C@@H](O)[C@H](COP(=O)(O)OCCN)NC(=O)CCCCCCCCCCCCCCCCCCCCCCCCCCCC. The van der Waals surface area contributed by atoms with Crippen LogP contribution in [0, 0.1) is 0 Å². The minimum atomic E-state index is -4.33. The number of allylic oxidation sites excluding steroid dienone is 1. The maximum absolute atomic E-state index is 12.8. The van der Waals surface area contributed by atoms with Gasteiger partial charge in [-0.05, 0) is 19.3 Å². The van der Waals surface area contributed by atoms with E-state index in [1.807, 2.05) is 6.08 Å². The van der Waals surface area contributed by atoms with Crippen LogP contribution in [0.2, 0.25) is 0 Å². The molecule has 0 saturated heterocycles. The minimum absolute atomic E-state index is 0.0812. The zero-order valence-corrected chi connectivity index (χ0v) is 37.3. The molecule has 0 radical (unpaired) electrons. The number of hydrogen-bond donors (Lipinski definition) is 4. The predicted molar refractivity (Wildman–Crippen MR) is 235 cm³/mol. The van der Waals surface area contributed by atoms with Crippen molar-refractivity contribution in [2.45, 2.75) is 257 Å². The molecular weight excluding hydrogens is 707 g/mol. The summed E-state index contributed by atoms with van der Waals surface area (Å²) in [5.41, 5.74) is 5.37. The molecule has 0 saturated carbocycles. The van der Waals surface area contributed by atoms with E-state index in [2.05, 4.69) is 19.2 Å². The fourth-order valence-corrected chi connectivity index (χ4v) is 8.01. The highest BCUT2D eigenvalue weighted by Gasteiger charge is 2.26. The molecule has 0 aliphatic carbocycles. The van der Waals surface area contributed by atoms with Gasteiger partial charge in [-0.3, -0.25) is 13.8 Å². The zero-order valence-electron chi connectivity index (χ0n) is 36.4. The van der Waals surface area contributed by atoms with E-state index in [-0.39, 0.29) is 25.7 Å². The highest BCUT2D eigenvalue weighted by atomic mass is 31.2. The van der Waals surface area contributed by atoms with Gasteiger partial charge in [0.2, 0.25) is 5.91 Å². The van der Waals surface area contributed by atoms with E-state index in [0.717, 1.165) is 38.5 Å². The standard InChI is InChI=1S/C46H93N2O6P/c1-3-5-7-9-11-13-15-16-17-18-19-20-21-22-23-24-25-26-27-28-29-30-32-34-36-38-40-46(50)48-44(43-54-55(51,52)53-42-41-47)45(49)39-37-35-33-31-14-12-10-8-6-4-2/h37,39,44-45,49H,3-36,38,40-43,47H2,1-2H3,(H,48,50)(H,51,52)/b39-37+/t44-,45+/m0/s1. The van der Waals surface area contributed by atoms with E-state index in [0.29, 0.717) is 6.42 Å². The van der Waals surface area contributed by atoms with Crippen LogP contribution in [0.3, 0.4) is 0 Å². The van der Waals surface area contributed by atoms with Crippen LogP contribution in [0.1, 0.15) is 245 Å². The number of unbranched alkanes of at least 4 members (excludes halogenated alkanes) is 33. The van der Waals surface area contributed by atoms with Gasteiger partial charge in [-0.1, -0.05) is 231 Å². The van der Waals surface area contributed by atoms with E-state index in [1.165, 1.54) is 186 Å². The highest BCUT2D eigenvalue weighted by molar-refractivity contribution is 7.47. The van der Waals surface area contributed by atoms with Crippen LogP contribution in [-0.4, -0.2) is 47.8 Å². The van der Waals surface area contributed by atoms with Crippen LogP contribution in [0.4, 0.5) is 0 Å². The van der Waals surface area contributed by atoms with E-state index < -0.39 is 20.0 Å². The number of phosphoric ester groups is 1. The minimum Gasteiger partial charge on any atom is -0.387 e. The third-order valence-electron chi connectivity index (χ3n) is 10.9. The number of nitrogens with one attached hydrogen (secondary N) is 1. The summed E-state index contributed by atoms with van der Waals surface area (Å²) in [6.45, 7) is 4.14. The summed E-state index contributed by atoms with van der Waals surface area (Å²) in [5.74, 6) is -0.191. The molecule has 0 aromatic heterocycles. The van der Waals surface area contributed by atoms with Crippen LogP contribution in [0.15, 0.2) is 12.2 Å². The van der Waals surface area contributed by atoms with Crippen molar-refractivity contribution in [3.05, 3.63) is 12.2 Å². The summed E-state index contributed by atoms with van der Waals surface area (Å²) in [5, 5.41) is 13.6. The Labute approximate surface area is 341 Å². The van der Waals surface area contributed by atoms with Crippen molar-refractivity contribution in [3.8, 4) is 0 Å². The van der Waals surface area contributed by atoms with Gasteiger partial charge in [0.15, 0.2) is 0 Å². The Hall–Kier alpha value is -0.760. The normalized spacial score (nSPS) is 14.1. The smallest absolute Gasteiger partial charge is 0.387 e. The maximum atomic E-state index is 12.8. The summed E-state index contributed by atoms with van der Waals surface area (Å²) in [6.07, 6.45) is 48.6. The lowest BCUT2D eigenvalue weighted by Crippen LogP contribution is -2.45. The van der Waals surface area contributed by atoms with Crippen LogP contribution in [-0.2, 0) is 18.4 Å². The first-order valence-electron chi connectivity index (χ1n) is 23.8. The molecule has 0 heterocycles. The highest BCUT2D eigenvalue weighted by Crippen LogP contribution is 2.43. The van der Waals surface area contributed by atoms with Gasteiger partial charge in [0.05, 0.1) is 25.4 Å². The van der Waals surface area contributed by atoms with Crippen molar-refractivity contribution in [1.82, 2.24) is 5.32 Å². The summed E-state index contributed by atoms with van der Waals surface area (Å²) in [4.78, 5) is 22.7. The number of nitrogens with two attached hydrogens (primary N) is 1. The Morgan fingerprint density at radius 1 is 0.582 bits per heavy atom. The third-order valence-corrected chi connectivity index (χ3v) is 11.8. The second kappa shape index (κ2) is 42.8. The first kappa shape index (κ1) is 54.2. The van der Waals surface area contributed by atoms with Crippen molar-refractivity contribution >= 4 is 13.7 Å². The second-order valence-electron chi connectivity index (χ2n) is 16.3. The molecule has 55 heavy (non-hydrogen) atoms. The number of hydrogen-bond acceptors (Lipinski definition) is 6. The number of amides is 1. The topological polar surface area (TPSA) is 131 Å². The molecule has 0 aromatic rings. The molecule has 1 amide bonds. The summed E-state index contributed by atoms with van der Waals surface area (Å²) >= 11 is 0. The molecule has 328 valence electrons. The molecule has 9 heteroatoms. The lowest BCUT2D eigenvalue weighted by Gasteiger charge is -2.23. The molecule has 8 nitrogen and oxygen atoms in total. The molecule has 0 aliphatic rings. The van der Waals surface area contributed by atoms with E-state index in [4.69, 9.17) is 14.8 Å². The van der Waals surface area contributed by atoms with Gasteiger partial charge in [-0.15, -0.1) is 0 Å². The van der Waals surface area contributed by atoms with Gasteiger partial charge in [0.25, 0.3) is 0 Å². The second-order valence-corrected chi connectivity index (χ2v) is 17.8. The average molecular weight is 801 g/mol. The summed E-state index contributed by atoms with van der Waals surface area (Å²) in [6, 6.07) is -0.853. The molecule has 0 rings (SSSR count). The Bertz CT molecular complexity index is 875. The fraction of sp³-hybridized carbons (Fsp3) is 0.935. The van der Waals surface area contributed by atoms with Gasteiger partial charge in [0, 0.05) is 13.0 Å². The Balaban J connectivity index is 3.91. The fourth-order valence-electron chi connectivity index (χ4n) is 7.25. The van der Waals surface area contributed by atoms with Crippen molar-refractivity contribution in [2.24, 2.45) is 5.73 Å². The van der Waals surface area contributed by atoms with Crippen LogP contribution in [0.25, 0.3) is 0 Å². The zero-order chi connectivity index (χ0) is 40.3. The number of carbonyl (C=O) groups excluding carboxylic acids is 1. The first-order chi connectivity index (χ1) is 26.9. The number of aliphatic hydroxyl groups is 1. The van der Waals surface area contributed by atoms with Crippen molar-refractivity contribution < 1.29 is 28.4 Å². The quantitative estimate of drug-likeness (QED) is 0.0274. The number of rotatable bonds is 45. The predicted octanol–water partition coefficient (Wildman–Crippen LogP) is 13.6. The molecule has 0 fully saturated rings. The van der Waals surface area contributed by atoms with Crippen LogP contribution in [0.5, 0.6) is 0 Å². The molecule has 5 N–H and O–H groups in total. The average Bonchev–Trinajstić information content (AvgIpc) is 3.17. The molecular formula is C46H93N2O6P. The van der Waals surface area contributed by atoms with E-state index in [1.54, 1.807) is 6.08 Å². The molecule has 0 spiro atoms. The lowest BCUT2D eigenvalue weighted by atomic mass is 10.0. The van der Waals surface area contributed by atoms with Crippen molar-refractivity contribution in [3.63, 3.8) is 0 Å². The van der Waals surface area contributed by atoms with Gasteiger partial charge in [-0.2, -0.15) is 0 Å². The third kappa shape index (κ3) is 41.2. The Kier molecular flexibility index (Phi) is 42.2. The molecule has 0 aliphatic heterocycles. The number of aliphatic hydroxyl groups excluding tert-OH is 1. The van der Waals surface area contributed by atoms with Gasteiger partial charge >= 0.3 is 7.82 Å². The molecule has 0 bridgehead atoms. The Morgan fingerprint density at radius 3 is 1.29 bits per heavy atom. The molecule has 3 atom stereocenters. The largest absolute Gasteiger partial charge is 0.472 e. The molecule has 1 unspecified atom stereocenters. The maximum Gasteiger partial charge on any atom is 0.472 e. The molecule has 0 aromatic carbocycles. The van der Waals surface area contributed by atoms with E-state index >= 15 is 0 Å². The lowest BCUT2D eigenvalue weighted by molar-refractivity contribution is -0.123. The van der Waals surface area contributed by atoms with Gasteiger partial charge in [0.1, 0.15) is 0 Å². The van der Waals surface area contributed by atoms with Crippen molar-refractivity contribution in [1.29, 1.82) is 0 Å². The first-order valence-corrected chi connectivity index (χ1v) is 25.3. The summed E-state index contributed by atoms with van der Waals surface area (Å²) < 4.78 is 22.1.